The number of anilines is 2. The molecule has 0 saturated carbocycles. The number of hydrogen-bond donors (Lipinski definition) is 2. The molecule has 0 aliphatic carbocycles. The lowest BCUT2D eigenvalue weighted by atomic mass is 10.2. The number of furan rings is 1. The van der Waals surface area contributed by atoms with Gasteiger partial charge in [-0.1, -0.05) is 0 Å². The fourth-order valence-corrected chi connectivity index (χ4v) is 3.37. The summed E-state index contributed by atoms with van der Waals surface area (Å²) in [6.45, 7) is 7.74. The molecule has 8 nitrogen and oxygen atoms in total. The van der Waals surface area contributed by atoms with Crippen LogP contribution in [-0.2, 0) is 9.59 Å². The fraction of sp³-hybridized carbons (Fsp3) is 0.381. The van der Waals surface area contributed by atoms with E-state index in [4.69, 9.17) is 4.42 Å². The zero-order valence-electron chi connectivity index (χ0n) is 16.9. The van der Waals surface area contributed by atoms with Crippen LogP contribution in [-0.4, -0.2) is 60.2 Å². The lowest BCUT2D eigenvalue weighted by Crippen LogP contribution is -2.50. The Morgan fingerprint density at radius 3 is 2.07 bits per heavy atom. The van der Waals surface area contributed by atoms with Crippen LogP contribution in [0.1, 0.15) is 28.8 Å². The highest BCUT2D eigenvalue weighted by atomic mass is 16.3. The van der Waals surface area contributed by atoms with E-state index in [-0.39, 0.29) is 24.3 Å². The molecular formula is C21H26N4O4. The van der Waals surface area contributed by atoms with Crippen molar-refractivity contribution in [3.63, 3.8) is 0 Å². The van der Waals surface area contributed by atoms with E-state index in [0.717, 1.165) is 5.76 Å². The molecular weight excluding hydrogens is 372 g/mol. The Balaban J connectivity index is 1.46. The van der Waals surface area contributed by atoms with E-state index < -0.39 is 0 Å². The third-order valence-corrected chi connectivity index (χ3v) is 4.79. The van der Waals surface area contributed by atoms with Crippen molar-refractivity contribution >= 4 is 29.1 Å². The summed E-state index contributed by atoms with van der Waals surface area (Å²) in [6.07, 6.45) is 0. The molecule has 29 heavy (non-hydrogen) atoms. The molecule has 2 aromatic rings. The molecule has 8 heteroatoms. The van der Waals surface area contributed by atoms with Crippen LogP contribution in [0.15, 0.2) is 34.7 Å². The Labute approximate surface area is 169 Å². The maximum atomic E-state index is 12.6. The quantitative estimate of drug-likeness (QED) is 0.806. The summed E-state index contributed by atoms with van der Waals surface area (Å²) in [5.41, 5.74) is 1.96. The van der Waals surface area contributed by atoms with Gasteiger partial charge in [0.1, 0.15) is 11.5 Å². The first-order valence-electron chi connectivity index (χ1n) is 9.58. The lowest BCUT2D eigenvalue weighted by molar-refractivity contribution is -0.117. The first-order valence-corrected chi connectivity index (χ1v) is 9.58. The minimum atomic E-state index is -0.141. The second kappa shape index (κ2) is 8.91. The number of carbonyl (C=O) groups excluding carboxylic acids is 3. The Hall–Kier alpha value is -3.13. The Bertz CT molecular complexity index is 896. The SMILES string of the molecule is CC(=O)Nc1ccc(NC(=O)CN2CCN(C(=O)c3cc(C)oc3C)CC2)cc1. The van der Waals surface area contributed by atoms with Crippen LogP contribution in [0, 0.1) is 13.8 Å². The molecule has 0 unspecified atom stereocenters. The highest BCUT2D eigenvalue weighted by molar-refractivity contribution is 5.95. The van der Waals surface area contributed by atoms with Crippen molar-refractivity contribution in [2.75, 3.05) is 43.4 Å². The molecule has 1 saturated heterocycles. The van der Waals surface area contributed by atoms with E-state index in [1.807, 2.05) is 11.8 Å². The molecule has 1 aliphatic rings. The summed E-state index contributed by atoms with van der Waals surface area (Å²) in [4.78, 5) is 39.8. The van der Waals surface area contributed by atoms with E-state index in [1.54, 1.807) is 42.2 Å². The second-order valence-corrected chi connectivity index (χ2v) is 7.20. The summed E-state index contributed by atoms with van der Waals surface area (Å²) in [6, 6.07) is 8.74. The fourth-order valence-electron chi connectivity index (χ4n) is 3.37. The number of piperazine rings is 1. The van der Waals surface area contributed by atoms with Gasteiger partial charge in [0.05, 0.1) is 12.1 Å². The zero-order valence-corrected chi connectivity index (χ0v) is 16.9. The molecule has 2 N–H and O–H groups in total. The third-order valence-electron chi connectivity index (χ3n) is 4.79. The van der Waals surface area contributed by atoms with Gasteiger partial charge in [-0.3, -0.25) is 19.3 Å². The van der Waals surface area contributed by atoms with E-state index in [2.05, 4.69) is 10.6 Å². The summed E-state index contributed by atoms with van der Waals surface area (Å²) in [5, 5.41) is 5.54. The number of nitrogens with zero attached hydrogens (tertiary/aromatic N) is 2. The smallest absolute Gasteiger partial charge is 0.257 e. The van der Waals surface area contributed by atoms with Gasteiger partial charge in [-0.15, -0.1) is 0 Å². The topological polar surface area (TPSA) is 94.9 Å². The molecule has 154 valence electrons. The van der Waals surface area contributed by atoms with E-state index in [9.17, 15) is 14.4 Å². The number of rotatable bonds is 5. The highest BCUT2D eigenvalue weighted by Gasteiger charge is 2.25. The summed E-state index contributed by atoms with van der Waals surface area (Å²) >= 11 is 0. The molecule has 1 aromatic heterocycles. The molecule has 2 heterocycles. The van der Waals surface area contributed by atoms with Crippen LogP contribution in [0.2, 0.25) is 0 Å². The standard InChI is InChI=1S/C21H26N4O4/c1-14-12-19(15(2)29-14)21(28)25-10-8-24(9-11-25)13-20(27)23-18-6-4-17(5-7-18)22-16(3)26/h4-7,12H,8-11,13H2,1-3H3,(H,22,26)(H,23,27). The minimum absolute atomic E-state index is 0.0253. The van der Waals surface area contributed by atoms with Crippen LogP contribution < -0.4 is 10.6 Å². The number of nitrogens with one attached hydrogen (secondary N) is 2. The maximum absolute atomic E-state index is 12.6. The number of benzene rings is 1. The maximum Gasteiger partial charge on any atom is 0.257 e. The average Bonchev–Trinajstić information content (AvgIpc) is 3.01. The van der Waals surface area contributed by atoms with Gasteiger partial charge >= 0.3 is 0 Å². The molecule has 1 fully saturated rings. The predicted octanol–water partition coefficient (Wildman–Crippen LogP) is 2.25. The number of amides is 3. The van der Waals surface area contributed by atoms with Crippen molar-refractivity contribution in [2.24, 2.45) is 0 Å². The number of carbonyl (C=O) groups is 3. The van der Waals surface area contributed by atoms with E-state index in [1.165, 1.54) is 6.92 Å². The van der Waals surface area contributed by atoms with Gasteiger partial charge < -0.3 is 20.0 Å². The second-order valence-electron chi connectivity index (χ2n) is 7.20. The number of hydrogen-bond acceptors (Lipinski definition) is 5. The van der Waals surface area contributed by atoms with Crippen LogP contribution in [0.25, 0.3) is 0 Å². The molecule has 0 atom stereocenters. The van der Waals surface area contributed by atoms with Gasteiger partial charge in [-0.25, -0.2) is 0 Å². The first-order chi connectivity index (χ1) is 13.8. The van der Waals surface area contributed by atoms with Gasteiger partial charge in [0.15, 0.2) is 0 Å². The molecule has 1 aliphatic heterocycles. The lowest BCUT2D eigenvalue weighted by Gasteiger charge is -2.34. The van der Waals surface area contributed by atoms with Crippen molar-refractivity contribution in [1.29, 1.82) is 0 Å². The normalized spacial score (nSPS) is 14.5. The van der Waals surface area contributed by atoms with Crippen molar-refractivity contribution in [1.82, 2.24) is 9.80 Å². The van der Waals surface area contributed by atoms with E-state index >= 15 is 0 Å². The molecule has 0 bridgehead atoms. The van der Waals surface area contributed by atoms with Gasteiger partial charge in [-0.2, -0.15) is 0 Å². The van der Waals surface area contributed by atoms with Gasteiger partial charge in [0.25, 0.3) is 5.91 Å². The Kier molecular flexibility index (Phi) is 6.33. The van der Waals surface area contributed by atoms with Crippen LogP contribution in [0.3, 0.4) is 0 Å². The van der Waals surface area contributed by atoms with Crippen molar-refractivity contribution < 1.29 is 18.8 Å². The van der Waals surface area contributed by atoms with Gasteiger partial charge in [0.2, 0.25) is 11.8 Å². The monoisotopic (exact) mass is 398 g/mol. The summed E-state index contributed by atoms with van der Waals surface area (Å²) < 4.78 is 5.45. The molecule has 1 aromatic carbocycles. The van der Waals surface area contributed by atoms with Gasteiger partial charge in [0, 0.05) is 44.5 Å². The minimum Gasteiger partial charge on any atom is -0.466 e. The third kappa shape index (κ3) is 5.45. The van der Waals surface area contributed by atoms with Crippen LogP contribution in [0.4, 0.5) is 11.4 Å². The Morgan fingerprint density at radius 2 is 1.55 bits per heavy atom. The molecule has 3 rings (SSSR count). The summed E-state index contributed by atoms with van der Waals surface area (Å²) in [7, 11) is 0. The van der Waals surface area contributed by atoms with Crippen molar-refractivity contribution in [3.05, 3.63) is 47.4 Å². The zero-order chi connectivity index (χ0) is 21.0. The first kappa shape index (κ1) is 20.6. The summed E-state index contributed by atoms with van der Waals surface area (Å²) in [5.74, 6) is 1.09. The Morgan fingerprint density at radius 1 is 0.966 bits per heavy atom. The average molecular weight is 398 g/mol. The van der Waals surface area contributed by atoms with Crippen molar-refractivity contribution in [2.45, 2.75) is 20.8 Å². The van der Waals surface area contributed by atoms with E-state index in [0.29, 0.717) is 48.9 Å². The molecule has 0 radical (unpaired) electrons. The van der Waals surface area contributed by atoms with Gasteiger partial charge in [-0.05, 0) is 44.2 Å². The largest absolute Gasteiger partial charge is 0.466 e. The van der Waals surface area contributed by atoms with Crippen LogP contribution in [0.5, 0.6) is 0 Å². The molecule has 0 spiro atoms. The molecule has 3 amide bonds. The highest BCUT2D eigenvalue weighted by Crippen LogP contribution is 2.17. The number of aryl methyl sites for hydroxylation is 2. The van der Waals surface area contributed by atoms with Crippen molar-refractivity contribution in [3.8, 4) is 0 Å². The van der Waals surface area contributed by atoms with Crippen LogP contribution >= 0.6 is 0 Å². The predicted molar refractivity (Wildman–Crippen MR) is 110 cm³/mol.